The van der Waals surface area contributed by atoms with E-state index in [0.717, 1.165) is 17.7 Å². The second kappa shape index (κ2) is 7.25. The van der Waals surface area contributed by atoms with E-state index in [9.17, 15) is 9.00 Å². The Kier molecular flexibility index (Phi) is 5.08. The van der Waals surface area contributed by atoms with Gasteiger partial charge in [0.25, 0.3) is 0 Å². The second-order valence-corrected chi connectivity index (χ2v) is 7.81. The fourth-order valence-electron chi connectivity index (χ4n) is 2.79. The lowest BCUT2D eigenvalue weighted by molar-refractivity contribution is -0.116. The Balaban J connectivity index is 1.57. The molecule has 6 nitrogen and oxygen atoms in total. The first kappa shape index (κ1) is 16.8. The number of hydrogen-bond donors (Lipinski definition) is 0. The predicted octanol–water partition coefficient (Wildman–Crippen LogP) is 2.11. The number of para-hydroxylation sites is 1. The van der Waals surface area contributed by atoms with Crippen LogP contribution in [0.1, 0.15) is 31.1 Å². The van der Waals surface area contributed by atoms with Gasteiger partial charge in [0.05, 0.1) is 5.75 Å². The minimum absolute atomic E-state index is 0.0254. The average molecular weight is 347 g/mol. The highest BCUT2D eigenvalue weighted by atomic mass is 32.2. The van der Waals surface area contributed by atoms with Gasteiger partial charge in [0.1, 0.15) is 5.75 Å². The Morgan fingerprint density at radius 3 is 2.96 bits per heavy atom. The number of amides is 1. The van der Waals surface area contributed by atoms with Gasteiger partial charge in [-0.1, -0.05) is 37.2 Å². The standard InChI is InChI=1S/C17H21N3O3S/c1-12(2)9-16-18-15(19-23-16)10-24(22)11-17(21)20-8-7-13-5-3-4-6-14(13)20/h3-6,12H,7-11H2,1-2H3. The van der Waals surface area contributed by atoms with Crippen LogP contribution in [0.15, 0.2) is 28.8 Å². The summed E-state index contributed by atoms with van der Waals surface area (Å²) in [5, 5.41) is 3.85. The van der Waals surface area contributed by atoms with Crippen LogP contribution in [0.2, 0.25) is 0 Å². The maximum atomic E-state index is 12.4. The molecule has 2 aromatic rings. The van der Waals surface area contributed by atoms with Gasteiger partial charge in [-0.25, -0.2) is 0 Å². The number of rotatable bonds is 6. The van der Waals surface area contributed by atoms with E-state index in [1.807, 2.05) is 24.3 Å². The molecule has 0 saturated heterocycles. The third-order valence-electron chi connectivity index (χ3n) is 3.86. The SMILES string of the molecule is CC(C)Cc1nc(CS(=O)CC(=O)N2CCc3ccccc32)no1. The number of fused-ring (bicyclic) bond motifs is 1. The van der Waals surface area contributed by atoms with Crippen LogP contribution in [-0.2, 0) is 34.2 Å². The number of carbonyl (C=O) groups excluding carboxylic acids is 1. The Morgan fingerprint density at radius 1 is 1.38 bits per heavy atom. The summed E-state index contributed by atoms with van der Waals surface area (Å²) in [5.74, 6) is 1.37. The highest BCUT2D eigenvalue weighted by Crippen LogP contribution is 2.27. The summed E-state index contributed by atoms with van der Waals surface area (Å²) in [6, 6.07) is 7.84. The summed E-state index contributed by atoms with van der Waals surface area (Å²) in [5.41, 5.74) is 2.09. The van der Waals surface area contributed by atoms with Crippen molar-refractivity contribution in [1.82, 2.24) is 10.1 Å². The predicted molar refractivity (Wildman–Crippen MR) is 92.1 cm³/mol. The Labute approximate surface area is 143 Å². The molecular formula is C17H21N3O3S. The van der Waals surface area contributed by atoms with Crippen molar-refractivity contribution in [3.63, 3.8) is 0 Å². The lowest BCUT2D eigenvalue weighted by Crippen LogP contribution is -2.33. The van der Waals surface area contributed by atoms with Crippen LogP contribution >= 0.6 is 0 Å². The van der Waals surface area contributed by atoms with E-state index >= 15 is 0 Å². The molecule has 0 N–H and O–H groups in total. The molecule has 0 saturated carbocycles. The van der Waals surface area contributed by atoms with Crippen molar-refractivity contribution in [1.29, 1.82) is 0 Å². The molecule has 1 atom stereocenters. The lowest BCUT2D eigenvalue weighted by atomic mass is 10.1. The summed E-state index contributed by atoms with van der Waals surface area (Å²) in [6.45, 7) is 4.78. The third kappa shape index (κ3) is 3.90. The Hall–Kier alpha value is -2.02. The Morgan fingerprint density at radius 2 is 2.17 bits per heavy atom. The van der Waals surface area contributed by atoms with E-state index in [1.165, 1.54) is 0 Å². The van der Waals surface area contributed by atoms with Crippen LogP contribution in [0.3, 0.4) is 0 Å². The van der Waals surface area contributed by atoms with Gasteiger partial charge in [-0.15, -0.1) is 0 Å². The number of nitrogens with zero attached hydrogens (tertiary/aromatic N) is 3. The van der Waals surface area contributed by atoms with E-state index in [1.54, 1.807) is 4.90 Å². The summed E-state index contributed by atoms with van der Waals surface area (Å²) in [6.07, 6.45) is 1.54. The topological polar surface area (TPSA) is 76.3 Å². The zero-order chi connectivity index (χ0) is 17.1. The average Bonchev–Trinajstić information content (AvgIpc) is 3.13. The van der Waals surface area contributed by atoms with Gasteiger partial charge in [0.2, 0.25) is 11.8 Å². The molecule has 24 heavy (non-hydrogen) atoms. The summed E-state index contributed by atoms with van der Waals surface area (Å²) >= 11 is 0. The molecule has 0 aliphatic carbocycles. The summed E-state index contributed by atoms with van der Waals surface area (Å²) in [7, 11) is -1.35. The molecule has 1 aliphatic heterocycles. The van der Waals surface area contributed by atoms with E-state index in [2.05, 4.69) is 24.0 Å². The molecule has 1 aromatic carbocycles. The van der Waals surface area contributed by atoms with Crippen LogP contribution in [0.4, 0.5) is 5.69 Å². The third-order valence-corrected chi connectivity index (χ3v) is 5.00. The van der Waals surface area contributed by atoms with Crippen molar-refractivity contribution >= 4 is 22.4 Å². The van der Waals surface area contributed by atoms with E-state index < -0.39 is 10.8 Å². The van der Waals surface area contributed by atoms with Crippen molar-refractivity contribution in [3.05, 3.63) is 41.5 Å². The minimum atomic E-state index is -1.35. The van der Waals surface area contributed by atoms with Gasteiger partial charge in [0.15, 0.2) is 5.82 Å². The summed E-state index contributed by atoms with van der Waals surface area (Å²) in [4.78, 5) is 18.4. The van der Waals surface area contributed by atoms with Crippen LogP contribution < -0.4 is 4.90 Å². The molecule has 0 spiro atoms. The van der Waals surface area contributed by atoms with Crippen molar-refractivity contribution in [2.45, 2.75) is 32.4 Å². The molecule has 128 valence electrons. The number of hydrogen-bond acceptors (Lipinski definition) is 5. The van der Waals surface area contributed by atoms with Crippen molar-refractivity contribution < 1.29 is 13.5 Å². The van der Waals surface area contributed by atoms with Crippen molar-refractivity contribution in [2.75, 3.05) is 17.2 Å². The smallest absolute Gasteiger partial charge is 0.239 e. The zero-order valence-corrected chi connectivity index (χ0v) is 14.7. The molecule has 1 aliphatic rings. The molecule has 0 fully saturated rings. The van der Waals surface area contributed by atoms with Crippen molar-refractivity contribution in [3.8, 4) is 0 Å². The number of anilines is 1. The highest BCUT2D eigenvalue weighted by molar-refractivity contribution is 7.84. The molecule has 3 rings (SSSR count). The van der Waals surface area contributed by atoms with Crippen LogP contribution in [0, 0.1) is 5.92 Å². The molecular weight excluding hydrogens is 326 g/mol. The molecule has 7 heteroatoms. The largest absolute Gasteiger partial charge is 0.339 e. The van der Waals surface area contributed by atoms with Gasteiger partial charge >= 0.3 is 0 Å². The monoisotopic (exact) mass is 347 g/mol. The van der Waals surface area contributed by atoms with Gasteiger partial charge < -0.3 is 9.42 Å². The van der Waals surface area contributed by atoms with Crippen LogP contribution in [-0.4, -0.2) is 32.6 Å². The molecule has 1 amide bonds. The molecule has 0 radical (unpaired) electrons. The number of benzene rings is 1. The number of aromatic nitrogens is 2. The van der Waals surface area contributed by atoms with Gasteiger partial charge in [0, 0.05) is 29.5 Å². The number of carbonyl (C=O) groups is 1. The fraction of sp³-hybridized carbons (Fsp3) is 0.471. The quantitative estimate of drug-likeness (QED) is 0.800. The van der Waals surface area contributed by atoms with E-state index in [0.29, 0.717) is 30.6 Å². The molecule has 0 bridgehead atoms. The molecule has 2 heterocycles. The van der Waals surface area contributed by atoms with Gasteiger partial charge in [-0.2, -0.15) is 4.98 Å². The first-order valence-corrected chi connectivity index (χ1v) is 9.56. The first-order valence-electron chi connectivity index (χ1n) is 8.07. The molecule has 1 unspecified atom stereocenters. The van der Waals surface area contributed by atoms with E-state index in [-0.39, 0.29) is 17.4 Å². The van der Waals surface area contributed by atoms with Crippen LogP contribution in [0.5, 0.6) is 0 Å². The fourth-order valence-corrected chi connectivity index (χ4v) is 3.73. The van der Waals surface area contributed by atoms with Crippen LogP contribution in [0.25, 0.3) is 0 Å². The first-order chi connectivity index (χ1) is 11.5. The highest BCUT2D eigenvalue weighted by Gasteiger charge is 2.25. The summed E-state index contributed by atoms with van der Waals surface area (Å²) < 4.78 is 17.4. The molecule has 1 aromatic heterocycles. The second-order valence-electron chi connectivity index (χ2n) is 6.35. The lowest BCUT2D eigenvalue weighted by Gasteiger charge is -2.16. The Bertz CT molecular complexity index is 757. The van der Waals surface area contributed by atoms with Gasteiger partial charge in [-0.05, 0) is 24.0 Å². The maximum absolute atomic E-state index is 12.4. The van der Waals surface area contributed by atoms with E-state index in [4.69, 9.17) is 4.52 Å². The van der Waals surface area contributed by atoms with Crippen molar-refractivity contribution in [2.24, 2.45) is 5.92 Å². The normalized spacial score (nSPS) is 14.9. The van der Waals surface area contributed by atoms with Gasteiger partial charge in [-0.3, -0.25) is 9.00 Å². The minimum Gasteiger partial charge on any atom is -0.339 e. The zero-order valence-electron chi connectivity index (χ0n) is 13.9. The maximum Gasteiger partial charge on any atom is 0.239 e.